The van der Waals surface area contributed by atoms with Gasteiger partial charge in [0.15, 0.2) is 0 Å². The van der Waals surface area contributed by atoms with Gasteiger partial charge in [-0.15, -0.1) is 11.6 Å². The standard InChI is InChI=1S/C9H13ClF3NO/c1-6(7-2-3-7)14(8(15)4-10)5-9(11,12)13/h6-7H,2-5H2,1H3/t6-/m0/s1. The number of hydrogen-bond donors (Lipinski definition) is 0. The van der Waals surface area contributed by atoms with Crippen molar-refractivity contribution >= 4 is 17.5 Å². The summed E-state index contributed by atoms with van der Waals surface area (Å²) >= 11 is 5.29. The summed E-state index contributed by atoms with van der Waals surface area (Å²) in [4.78, 5) is 12.1. The Balaban J connectivity index is 2.63. The zero-order valence-corrected chi connectivity index (χ0v) is 9.11. The van der Waals surface area contributed by atoms with Gasteiger partial charge in [-0.25, -0.2) is 0 Å². The molecule has 0 radical (unpaired) electrons. The number of halogens is 4. The highest BCUT2D eigenvalue weighted by Gasteiger charge is 2.40. The van der Waals surface area contributed by atoms with E-state index in [1.807, 2.05) is 0 Å². The third-order valence-corrected chi connectivity index (χ3v) is 2.81. The highest BCUT2D eigenvalue weighted by molar-refractivity contribution is 6.27. The van der Waals surface area contributed by atoms with E-state index in [4.69, 9.17) is 11.6 Å². The molecule has 1 amide bonds. The largest absolute Gasteiger partial charge is 0.406 e. The van der Waals surface area contributed by atoms with Gasteiger partial charge in [0.05, 0.1) is 0 Å². The maximum atomic E-state index is 12.2. The zero-order valence-electron chi connectivity index (χ0n) is 8.35. The lowest BCUT2D eigenvalue weighted by Gasteiger charge is -2.29. The van der Waals surface area contributed by atoms with Crippen molar-refractivity contribution in [2.75, 3.05) is 12.4 Å². The number of carbonyl (C=O) groups is 1. The Bertz CT molecular complexity index is 240. The molecule has 88 valence electrons. The number of nitrogens with zero attached hydrogens (tertiary/aromatic N) is 1. The highest BCUT2D eigenvalue weighted by Crippen LogP contribution is 2.36. The van der Waals surface area contributed by atoms with Crippen LogP contribution in [0.3, 0.4) is 0 Å². The number of hydrogen-bond acceptors (Lipinski definition) is 1. The van der Waals surface area contributed by atoms with Crippen LogP contribution in [0.1, 0.15) is 19.8 Å². The van der Waals surface area contributed by atoms with E-state index in [-0.39, 0.29) is 12.0 Å². The van der Waals surface area contributed by atoms with Crippen LogP contribution in [0, 0.1) is 5.92 Å². The molecule has 0 N–H and O–H groups in total. The number of alkyl halides is 4. The van der Waals surface area contributed by atoms with Gasteiger partial charge < -0.3 is 4.90 Å². The molecule has 0 bridgehead atoms. The van der Waals surface area contributed by atoms with Crippen LogP contribution < -0.4 is 0 Å². The van der Waals surface area contributed by atoms with Gasteiger partial charge in [-0.2, -0.15) is 13.2 Å². The molecule has 1 saturated carbocycles. The maximum absolute atomic E-state index is 12.2. The van der Waals surface area contributed by atoms with Gasteiger partial charge in [-0.3, -0.25) is 4.79 Å². The molecule has 0 aromatic carbocycles. The summed E-state index contributed by atoms with van der Waals surface area (Å²) in [7, 11) is 0. The summed E-state index contributed by atoms with van der Waals surface area (Å²) in [6.45, 7) is 0.448. The Labute approximate surface area is 91.4 Å². The van der Waals surface area contributed by atoms with Crippen molar-refractivity contribution in [3.8, 4) is 0 Å². The Morgan fingerprint density at radius 2 is 2.07 bits per heavy atom. The molecular formula is C9H13ClF3NO. The molecule has 1 fully saturated rings. The van der Waals surface area contributed by atoms with Crippen LogP contribution in [0.15, 0.2) is 0 Å². The minimum atomic E-state index is -4.36. The van der Waals surface area contributed by atoms with Gasteiger partial charge in [0.1, 0.15) is 12.4 Å². The fourth-order valence-electron chi connectivity index (χ4n) is 1.56. The average Bonchev–Trinajstić information content (AvgIpc) is 2.93. The molecule has 0 heterocycles. The van der Waals surface area contributed by atoms with Crippen molar-refractivity contribution < 1.29 is 18.0 Å². The van der Waals surface area contributed by atoms with Gasteiger partial charge in [0, 0.05) is 6.04 Å². The van der Waals surface area contributed by atoms with Crippen LogP contribution >= 0.6 is 11.6 Å². The van der Waals surface area contributed by atoms with Crippen LogP contribution in [-0.4, -0.2) is 35.4 Å². The van der Waals surface area contributed by atoms with E-state index >= 15 is 0 Å². The molecule has 1 rings (SSSR count). The van der Waals surface area contributed by atoms with E-state index in [1.54, 1.807) is 6.92 Å². The van der Waals surface area contributed by atoms with Gasteiger partial charge in [-0.1, -0.05) is 0 Å². The second-order valence-corrected chi connectivity index (χ2v) is 4.12. The summed E-state index contributed by atoms with van der Waals surface area (Å²) in [6, 6.07) is -0.363. The fourth-order valence-corrected chi connectivity index (χ4v) is 1.72. The summed E-state index contributed by atoms with van der Waals surface area (Å²) in [5, 5.41) is 0. The quantitative estimate of drug-likeness (QED) is 0.695. The molecule has 2 nitrogen and oxygen atoms in total. The predicted molar refractivity (Wildman–Crippen MR) is 50.7 cm³/mol. The van der Waals surface area contributed by atoms with Crippen molar-refractivity contribution in [2.45, 2.75) is 32.0 Å². The molecule has 0 saturated heterocycles. The minimum Gasteiger partial charge on any atom is -0.330 e. The monoisotopic (exact) mass is 243 g/mol. The lowest BCUT2D eigenvalue weighted by molar-refractivity contribution is -0.164. The second-order valence-electron chi connectivity index (χ2n) is 3.85. The van der Waals surface area contributed by atoms with Crippen LogP contribution in [0.25, 0.3) is 0 Å². The first-order chi connectivity index (χ1) is 6.85. The molecule has 0 aromatic heterocycles. The van der Waals surface area contributed by atoms with Crippen LogP contribution in [0.4, 0.5) is 13.2 Å². The predicted octanol–water partition coefficient (Wildman–Crippen LogP) is 2.41. The van der Waals surface area contributed by atoms with Gasteiger partial charge in [0.2, 0.25) is 5.91 Å². The summed E-state index contributed by atoms with van der Waals surface area (Å²) in [5.41, 5.74) is 0. The zero-order chi connectivity index (χ0) is 11.6. The topological polar surface area (TPSA) is 20.3 Å². The molecule has 0 spiro atoms. The van der Waals surface area contributed by atoms with Gasteiger partial charge in [-0.05, 0) is 25.7 Å². The number of amides is 1. The van der Waals surface area contributed by atoms with E-state index < -0.39 is 24.5 Å². The highest BCUT2D eigenvalue weighted by atomic mass is 35.5. The van der Waals surface area contributed by atoms with Crippen molar-refractivity contribution in [1.82, 2.24) is 4.90 Å². The van der Waals surface area contributed by atoms with Crippen molar-refractivity contribution in [2.24, 2.45) is 5.92 Å². The molecule has 0 unspecified atom stereocenters. The van der Waals surface area contributed by atoms with E-state index in [1.165, 1.54) is 0 Å². The van der Waals surface area contributed by atoms with Crippen LogP contribution in [-0.2, 0) is 4.79 Å². The smallest absolute Gasteiger partial charge is 0.330 e. The molecule has 1 aliphatic rings. The normalized spacial score (nSPS) is 18.7. The third-order valence-electron chi connectivity index (χ3n) is 2.58. The Hall–Kier alpha value is -0.450. The molecule has 0 aromatic rings. The second kappa shape index (κ2) is 4.60. The van der Waals surface area contributed by atoms with Crippen molar-refractivity contribution in [1.29, 1.82) is 0 Å². The van der Waals surface area contributed by atoms with Crippen molar-refractivity contribution in [3.63, 3.8) is 0 Å². The average molecular weight is 244 g/mol. The number of rotatable bonds is 4. The van der Waals surface area contributed by atoms with Crippen LogP contribution in [0.2, 0.25) is 0 Å². The summed E-state index contributed by atoms with van der Waals surface area (Å²) in [6.07, 6.45) is -2.57. The molecule has 1 aliphatic carbocycles. The lowest BCUT2D eigenvalue weighted by atomic mass is 10.2. The Morgan fingerprint density at radius 3 is 2.40 bits per heavy atom. The molecule has 0 aliphatic heterocycles. The third kappa shape index (κ3) is 3.89. The van der Waals surface area contributed by atoms with E-state index in [0.717, 1.165) is 17.7 Å². The molecule has 6 heteroatoms. The van der Waals surface area contributed by atoms with Crippen molar-refractivity contribution in [3.05, 3.63) is 0 Å². The van der Waals surface area contributed by atoms with E-state index in [2.05, 4.69) is 0 Å². The summed E-state index contributed by atoms with van der Waals surface area (Å²) < 4.78 is 36.6. The first kappa shape index (κ1) is 12.6. The van der Waals surface area contributed by atoms with E-state index in [9.17, 15) is 18.0 Å². The Kier molecular flexibility index (Phi) is 3.87. The first-order valence-electron chi connectivity index (χ1n) is 4.77. The first-order valence-corrected chi connectivity index (χ1v) is 5.31. The van der Waals surface area contributed by atoms with Crippen LogP contribution in [0.5, 0.6) is 0 Å². The van der Waals surface area contributed by atoms with Gasteiger partial charge >= 0.3 is 6.18 Å². The number of carbonyl (C=O) groups excluding carboxylic acids is 1. The van der Waals surface area contributed by atoms with E-state index in [0.29, 0.717) is 0 Å². The maximum Gasteiger partial charge on any atom is 0.406 e. The molecule has 1 atom stereocenters. The minimum absolute atomic E-state index is 0.208. The molecule has 15 heavy (non-hydrogen) atoms. The SMILES string of the molecule is C[C@@H](C1CC1)N(CC(F)(F)F)C(=O)CCl. The Morgan fingerprint density at radius 1 is 1.53 bits per heavy atom. The fraction of sp³-hybridized carbons (Fsp3) is 0.889. The summed E-state index contributed by atoms with van der Waals surface area (Å²) in [5.74, 6) is -0.833. The van der Waals surface area contributed by atoms with Gasteiger partial charge in [0.25, 0.3) is 0 Å². The molecular weight excluding hydrogens is 231 g/mol. The lowest BCUT2D eigenvalue weighted by Crippen LogP contribution is -2.46.